The molecule has 0 saturated carbocycles. The van der Waals surface area contributed by atoms with Crippen LogP contribution in [-0.4, -0.2) is 4.98 Å². The van der Waals surface area contributed by atoms with Crippen LogP contribution in [0.5, 0.6) is 5.75 Å². The minimum absolute atomic E-state index is 0.320. The molecular formula is C11H7N2O2PS2. The van der Waals surface area contributed by atoms with Gasteiger partial charge in [-0.1, -0.05) is 0 Å². The second kappa shape index (κ2) is 6.08. The predicted octanol–water partition coefficient (Wildman–Crippen LogP) is 4.02. The van der Waals surface area contributed by atoms with Crippen molar-refractivity contribution in [1.82, 2.24) is 4.98 Å². The van der Waals surface area contributed by atoms with Crippen molar-refractivity contribution in [3.05, 3.63) is 17.1 Å². The van der Waals surface area contributed by atoms with Crippen LogP contribution in [-0.2, 0) is 11.0 Å². The summed E-state index contributed by atoms with van der Waals surface area (Å²) >= 11 is 2.61. The number of ether oxygens (including phenoxy) is 1. The molecule has 0 unspecified atom stereocenters. The molecule has 0 aliphatic rings. The Balaban J connectivity index is 2.61. The van der Waals surface area contributed by atoms with Crippen LogP contribution in [0.15, 0.2) is 17.0 Å². The number of hydrogen-bond donors (Lipinski definition) is 0. The maximum absolute atomic E-state index is 10.4. The van der Waals surface area contributed by atoms with E-state index >= 15 is 0 Å². The van der Waals surface area contributed by atoms with Crippen LogP contribution in [0.3, 0.4) is 0 Å². The van der Waals surface area contributed by atoms with E-state index in [1.165, 1.54) is 0 Å². The molecule has 0 bridgehead atoms. The molecule has 0 aliphatic carbocycles. The fourth-order valence-electron chi connectivity index (χ4n) is 1.43. The number of aryl methyl sites for hydroxylation is 1. The number of thiazole rings is 1. The van der Waals surface area contributed by atoms with Gasteiger partial charge in [0.2, 0.25) is 0 Å². The summed E-state index contributed by atoms with van der Waals surface area (Å²) in [6, 6.07) is 3.61. The van der Waals surface area contributed by atoms with Crippen LogP contribution in [0.25, 0.3) is 10.2 Å². The SMILES string of the molecule is CCc1nc2c(OC#P=O)cc(SC#N)cc2s1. The standard InChI is InChI=1S/C11H7N2O2PS2/c1-2-10-13-11-8(15-6-16-14)3-7(17-5-12)4-9(11)18-10/h3-4H,2H2,1H3. The van der Waals surface area contributed by atoms with Gasteiger partial charge in [-0.15, -0.1) is 0 Å². The zero-order valence-corrected chi connectivity index (χ0v) is 11.9. The average Bonchev–Trinajstić information content (AvgIpc) is 2.79. The van der Waals surface area contributed by atoms with Gasteiger partial charge >= 0.3 is 113 Å². The molecule has 18 heavy (non-hydrogen) atoms. The Morgan fingerprint density at radius 3 is 3.11 bits per heavy atom. The van der Waals surface area contributed by atoms with E-state index in [0.717, 1.165) is 38.3 Å². The van der Waals surface area contributed by atoms with Crippen LogP contribution >= 0.6 is 31.0 Å². The van der Waals surface area contributed by atoms with Gasteiger partial charge in [-0.25, -0.2) is 0 Å². The zero-order valence-electron chi connectivity index (χ0n) is 9.34. The van der Waals surface area contributed by atoms with Gasteiger partial charge in [0.05, 0.1) is 0 Å². The van der Waals surface area contributed by atoms with Gasteiger partial charge in [-0.2, -0.15) is 0 Å². The number of rotatable bonds is 3. The van der Waals surface area contributed by atoms with E-state index < -0.39 is 0 Å². The minimum atomic E-state index is -0.320. The topological polar surface area (TPSA) is 63.0 Å². The third-order valence-corrected chi connectivity index (χ3v) is 4.01. The van der Waals surface area contributed by atoms with Crippen molar-refractivity contribution in [1.29, 1.82) is 5.26 Å². The molecule has 0 aliphatic heterocycles. The summed E-state index contributed by atoms with van der Waals surface area (Å²) in [5, 5.41) is 11.7. The fraction of sp³-hybridized carbons (Fsp3) is 0.182. The van der Waals surface area contributed by atoms with Crippen molar-refractivity contribution in [2.24, 2.45) is 0 Å². The molecule has 1 aromatic heterocycles. The number of fused-ring (bicyclic) bond motifs is 1. The Labute approximate surface area is 113 Å². The maximum atomic E-state index is 10.4. The first-order valence-electron chi connectivity index (χ1n) is 5.02. The summed E-state index contributed by atoms with van der Waals surface area (Å²) in [7, 11) is -0.320. The summed E-state index contributed by atoms with van der Waals surface area (Å²) in [6.45, 7) is 2.03. The van der Waals surface area contributed by atoms with E-state index in [0.29, 0.717) is 5.75 Å². The van der Waals surface area contributed by atoms with Gasteiger partial charge in [0, 0.05) is 0 Å². The van der Waals surface area contributed by atoms with Gasteiger partial charge in [-0.3, -0.25) is 0 Å². The van der Waals surface area contributed by atoms with E-state index in [4.69, 9.17) is 10.00 Å². The molecule has 2 rings (SSSR count). The van der Waals surface area contributed by atoms with Crippen LogP contribution in [0, 0.1) is 16.5 Å². The van der Waals surface area contributed by atoms with Crippen LogP contribution in [0.4, 0.5) is 0 Å². The van der Waals surface area contributed by atoms with E-state index in [1.807, 2.05) is 18.4 Å². The third kappa shape index (κ3) is 2.77. The van der Waals surface area contributed by atoms with Crippen molar-refractivity contribution >= 4 is 41.2 Å². The summed E-state index contributed by atoms with van der Waals surface area (Å²) in [6.07, 6.45) is 0.840. The normalized spacial score (nSPS) is 9.78. The molecule has 0 spiro atoms. The molecule has 4 nitrogen and oxygen atoms in total. The summed E-state index contributed by atoms with van der Waals surface area (Å²) in [5.74, 6) is 2.72. The number of thiocyanates is 1. The Morgan fingerprint density at radius 1 is 1.61 bits per heavy atom. The molecule has 0 atom stereocenters. The molecule has 0 radical (unpaired) electrons. The van der Waals surface area contributed by atoms with Crippen molar-refractivity contribution in [3.8, 4) is 17.0 Å². The Morgan fingerprint density at radius 2 is 2.44 bits per heavy atom. The molecular weight excluding hydrogens is 287 g/mol. The van der Waals surface area contributed by atoms with Gasteiger partial charge < -0.3 is 0 Å². The molecule has 0 fully saturated rings. The second-order valence-corrected chi connectivity index (χ2v) is 5.55. The molecule has 1 heterocycles. The van der Waals surface area contributed by atoms with Gasteiger partial charge in [0.1, 0.15) is 0 Å². The molecule has 2 aromatic rings. The first kappa shape index (κ1) is 13.2. The predicted molar refractivity (Wildman–Crippen MR) is 72.6 cm³/mol. The first-order valence-corrected chi connectivity index (χ1v) is 7.46. The Kier molecular flexibility index (Phi) is 4.46. The Hall–Kier alpha value is -1.24. The van der Waals surface area contributed by atoms with Crippen molar-refractivity contribution in [2.45, 2.75) is 18.2 Å². The van der Waals surface area contributed by atoms with Crippen LogP contribution in [0.2, 0.25) is 0 Å². The number of thioether (sulfide) groups is 1. The van der Waals surface area contributed by atoms with E-state index in [9.17, 15) is 4.57 Å². The van der Waals surface area contributed by atoms with Crippen molar-refractivity contribution < 1.29 is 9.30 Å². The van der Waals surface area contributed by atoms with Crippen molar-refractivity contribution in [3.63, 3.8) is 0 Å². The summed E-state index contributed by atoms with van der Waals surface area (Å²) in [5.41, 5.74) is 0.718. The molecule has 90 valence electrons. The number of benzene rings is 1. The second-order valence-electron chi connectivity index (χ2n) is 3.21. The third-order valence-electron chi connectivity index (χ3n) is 2.14. The summed E-state index contributed by atoms with van der Waals surface area (Å²) in [4.78, 5) is 5.22. The summed E-state index contributed by atoms with van der Waals surface area (Å²) < 4.78 is 16.5. The molecule has 0 amide bonds. The zero-order chi connectivity index (χ0) is 13.0. The average molecular weight is 294 g/mol. The van der Waals surface area contributed by atoms with Gasteiger partial charge in [0.25, 0.3) is 0 Å². The quantitative estimate of drug-likeness (QED) is 0.486. The molecule has 1 aromatic carbocycles. The van der Waals surface area contributed by atoms with Crippen LogP contribution < -0.4 is 4.74 Å². The number of nitriles is 1. The van der Waals surface area contributed by atoms with E-state index in [1.54, 1.807) is 17.4 Å². The molecule has 7 heteroatoms. The number of hydrogen-bond acceptors (Lipinski definition) is 6. The van der Waals surface area contributed by atoms with Gasteiger partial charge in [0.15, 0.2) is 0 Å². The number of aromatic nitrogens is 1. The first-order chi connectivity index (χ1) is 8.78. The van der Waals surface area contributed by atoms with E-state index in [-0.39, 0.29) is 7.92 Å². The van der Waals surface area contributed by atoms with Crippen LogP contribution in [0.1, 0.15) is 11.9 Å². The van der Waals surface area contributed by atoms with Gasteiger partial charge in [-0.05, 0) is 0 Å². The number of nitrogens with zero attached hydrogens (tertiary/aromatic N) is 2. The molecule has 0 saturated heterocycles. The Bertz CT molecular complexity index is 730. The van der Waals surface area contributed by atoms with Crippen molar-refractivity contribution in [2.75, 3.05) is 0 Å². The monoisotopic (exact) mass is 294 g/mol. The van der Waals surface area contributed by atoms with E-state index in [2.05, 4.69) is 10.8 Å². The fourth-order valence-corrected chi connectivity index (χ4v) is 3.05. The molecule has 0 N–H and O–H groups in total.